The summed E-state index contributed by atoms with van der Waals surface area (Å²) in [6, 6.07) is 13.0. The number of nitrogens with zero attached hydrogens (tertiary/aromatic N) is 1. The number of pyridine rings is 1. The minimum absolute atomic E-state index is 0.317. The van der Waals surface area contributed by atoms with Crippen molar-refractivity contribution in [2.75, 3.05) is 0 Å². The second-order valence-corrected chi connectivity index (χ2v) is 5.59. The van der Waals surface area contributed by atoms with E-state index in [9.17, 15) is 8.78 Å². The molecule has 0 aliphatic heterocycles. The Balaban J connectivity index is 2.21. The van der Waals surface area contributed by atoms with Crippen molar-refractivity contribution in [3.8, 4) is 22.3 Å². The molecule has 4 heteroatoms. The Hall–Kier alpha value is -1.82. The average molecular weight is 393 g/mol. The van der Waals surface area contributed by atoms with Crippen molar-refractivity contribution >= 4 is 22.6 Å². The van der Waals surface area contributed by atoms with E-state index in [0.717, 1.165) is 3.57 Å². The SMILES string of the molecule is Fc1ccccc1-c1cncc(-c2ccccc2F)c1I. The second-order valence-electron chi connectivity index (χ2n) is 4.51. The molecule has 0 spiro atoms. The number of hydrogen-bond donors (Lipinski definition) is 0. The molecule has 3 aromatic rings. The third-order valence-electron chi connectivity index (χ3n) is 3.21. The molecule has 3 rings (SSSR count). The molecule has 0 amide bonds. The Morgan fingerprint density at radius 3 is 1.52 bits per heavy atom. The average Bonchev–Trinajstić information content (AvgIpc) is 2.49. The Kier molecular flexibility index (Phi) is 3.96. The van der Waals surface area contributed by atoms with Crippen LogP contribution in [0.3, 0.4) is 0 Å². The lowest BCUT2D eigenvalue weighted by Gasteiger charge is -2.11. The maximum absolute atomic E-state index is 14.0. The van der Waals surface area contributed by atoms with E-state index >= 15 is 0 Å². The van der Waals surface area contributed by atoms with Crippen LogP contribution in [0, 0.1) is 15.2 Å². The predicted octanol–water partition coefficient (Wildman–Crippen LogP) is 5.30. The zero-order valence-corrected chi connectivity index (χ0v) is 13.0. The Morgan fingerprint density at radius 1 is 0.667 bits per heavy atom. The molecule has 1 heterocycles. The van der Waals surface area contributed by atoms with Crippen molar-refractivity contribution in [1.29, 1.82) is 0 Å². The monoisotopic (exact) mass is 393 g/mol. The molecule has 0 aliphatic rings. The lowest BCUT2D eigenvalue weighted by molar-refractivity contribution is 0.631. The maximum Gasteiger partial charge on any atom is 0.131 e. The summed E-state index contributed by atoms with van der Waals surface area (Å²) in [6.07, 6.45) is 3.20. The largest absolute Gasteiger partial charge is 0.263 e. The lowest BCUT2D eigenvalue weighted by Crippen LogP contribution is -1.94. The molecule has 2 aromatic carbocycles. The zero-order valence-electron chi connectivity index (χ0n) is 10.9. The van der Waals surface area contributed by atoms with Gasteiger partial charge in [-0.2, -0.15) is 0 Å². The molecule has 0 atom stereocenters. The van der Waals surface area contributed by atoms with E-state index in [1.54, 1.807) is 48.8 Å². The Morgan fingerprint density at radius 2 is 1.10 bits per heavy atom. The number of halogens is 3. The minimum Gasteiger partial charge on any atom is -0.263 e. The molecular weight excluding hydrogens is 383 g/mol. The first-order valence-electron chi connectivity index (χ1n) is 6.32. The molecule has 21 heavy (non-hydrogen) atoms. The lowest BCUT2D eigenvalue weighted by atomic mass is 10.0. The van der Waals surface area contributed by atoms with Gasteiger partial charge in [0.15, 0.2) is 0 Å². The highest BCUT2D eigenvalue weighted by atomic mass is 127. The van der Waals surface area contributed by atoms with Gasteiger partial charge in [-0.05, 0) is 34.7 Å². The van der Waals surface area contributed by atoms with Crippen LogP contribution < -0.4 is 0 Å². The smallest absolute Gasteiger partial charge is 0.131 e. The van der Waals surface area contributed by atoms with Gasteiger partial charge in [0.1, 0.15) is 11.6 Å². The first-order valence-corrected chi connectivity index (χ1v) is 7.39. The third-order valence-corrected chi connectivity index (χ3v) is 4.37. The molecule has 0 fully saturated rings. The molecule has 0 saturated carbocycles. The van der Waals surface area contributed by atoms with Crippen LogP contribution in [0.4, 0.5) is 8.78 Å². The van der Waals surface area contributed by atoms with Crippen LogP contribution in [0.2, 0.25) is 0 Å². The van der Waals surface area contributed by atoms with Gasteiger partial charge < -0.3 is 0 Å². The topological polar surface area (TPSA) is 12.9 Å². The normalized spacial score (nSPS) is 10.6. The fraction of sp³-hybridized carbons (Fsp3) is 0. The van der Waals surface area contributed by atoms with Crippen LogP contribution in [-0.2, 0) is 0 Å². The van der Waals surface area contributed by atoms with Crippen molar-refractivity contribution in [3.63, 3.8) is 0 Å². The summed E-state index contributed by atoms with van der Waals surface area (Å²) in [5.41, 5.74) is 2.25. The quantitative estimate of drug-likeness (QED) is 0.539. The molecule has 0 radical (unpaired) electrons. The van der Waals surface area contributed by atoms with Crippen LogP contribution in [0.15, 0.2) is 60.9 Å². The van der Waals surface area contributed by atoms with Crippen molar-refractivity contribution in [2.24, 2.45) is 0 Å². The van der Waals surface area contributed by atoms with E-state index in [1.807, 2.05) is 0 Å². The minimum atomic E-state index is -0.317. The summed E-state index contributed by atoms with van der Waals surface area (Å²) < 4.78 is 28.7. The van der Waals surface area contributed by atoms with Crippen molar-refractivity contribution in [1.82, 2.24) is 4.98 Å². The summed E-state index contributed by atoms with van der Waals surface area (Å²) in [5, 5.41) is 0. The van der Waals surface area contributed by atoms with Crippen molar-refractivity contribution in [3.05, 3.63) is 76.1 Å². The van der Waals surface area contributed by atoms with Gasteiger partial charge in [0.05, 0.1) is 0 Å². The highest BCUT2D eigenvalue weighted by Crippen LogP contribution is 2.34. The van der Waals surface area contributed by atoms with Gasteiger partial charge in [0.25, 0.3) is 0 Å². The standard InChI is InChI=1S/C17H10F2IN/c18-15-7-3-1-5-11(15)13-9-21-10-14(17(13)20)12-6-2-4-8-16(12)19/h1-10H. The molecule has 1 nitrogen and oxygen atoms in total. The van der Waals surface area contributed by atoms with Crippen LogP contribution in [0.5, 0.6) is 0 Å². The fourth-order valence-corrected chi connectivity index (χ4v) is 3.04. The van der Waals surface area contributed by atoms with E-state index in [1.165, 1.54) is 12.1 Å². The summed E-state index contributed by atoms with van der Waals surface area (Å²) in [5.74, 6) is -0.634. The number of hydrogen-bond acceptors (Lipinski definition) is 1. The number of benzene rings is 2. The summed E-state index contributed by atoms with van der Waals surface area (Å²) in [4.78, 5) is 4.14. The van der Waals surface area contributed by atoms with E-state index in [0.29, 0.717) is 22.3 Å². The van der Waals surface area contributed by atoms with Gasteiger partial charge in [-0.15, -0.1) is 0 Å². The summed E-state index contributed by atoms with van der Waals surface area (Å²) >= 11 is 2.11. The van der Waals surface area contributed by atoms with E-state index in [4.69, 9.17) is 0 Å². The fourth-order valence-electron chi connectivity index (χ4n) is 2.18. The van der Waals surface area contributed by atoms with E-state index < -0.39 is 0 Å². The van der Waals surface area contributed by atoms with Crippen LogP contribution >= 0.6 is 22.6 Å². The van der Waals surface area contributed by atoms with E-state index in [-0.39, 0.29) is 11.6 Å². The Labute approximate surface area is 134 Å². The first-order chi connectivity index (χ1) is 10.2. The summed E-state index contributed by atoms with van der Waals surface area (Å²) in [7, 11) is 0. The highest BCUT2D eigenvalue weighted by Gasteiger charge is 2.14. The predicted molar refractivity (Wildman–Crippen MR) is 87.7 cm³/mol. The van der Waals surface area contributed by atoms with Crippen molar-refractivity contribution < 1.29 is 8.78 Å². The van der Waals surface area contributed by atoms with Crippen LogP contribution in [-0.4, -0.2) is 4.98 Å². The zero-order chi connectivity index (χ0) is 14.8. The maximum atomic E-state index is 14.0. The molecule has 0 unspecified atom stereocenters. The van der Waals surface area contributed by atoms with Gasteiger partial charge >= 0.3 is 0 Å². The van der Waals surface area contributed by atoms with Gasteiger partial charge in [0, 0.05) is 38.2 Å². The molecule has 0 bridgehead atoms. The van der Waals surface area contributed by atoms with E-state index in [2.05, 4.69) is 27.6 Å². The Bertz CT molecular complexity index is 739. The highest BCUT2D eigenvalue weighted by molar-refractivity contribution is 14.1. The molecule has 1 aromatic heterocycles. The van der Waals surface area contributed by atoms with Gasteiger partial charge in [-0.25, -0.2) is 8.78 Å². The molecule has 0 aliphatic carbocycles. The van der Waals surface area contributed by atoms with Crippen molar-refractivity contribution in [2.45, 2.75) is 0 Å². The van der Waals surface area contributed by atoms with Crippen LogP contribution in [0.1, 0.15) is 0 Å². The summed E-state index contributed by atoms with van der Waals surface area (Å²) in [6.45, 7) is 0. The van der Waals surface area contributed by atoms with Gasteiger partial charge in [-0.3, -0.25) is 4.98 Å². The second kappa shape index (κ2) is 5.89. The number of aromatic nitrogens is 1. The van der Waals surface area contributed by atoms with Gasteiger partial charge in [0.2, 0.25) is 0 Å². The molecule has 104 valence electrons. The van der Waals surface area contributed by atoms with Crippen LogP contribution in [0.25, 0.3) is 22.3 Å². The first kappa shape index (κ1) is 14.1. The molecular formula is C17H10F2IN. The molecule has 0 N–H and O–H groups in total. The van der Waals surface area contributed by atoms with Gasteiger partial charge in [-0.1, -0.05) is 36.4 Å². The third kappa shape index (κ3) is 2.68. The number of rotatable bonds is 2. The molecule has 0 saturated heterocycles.